The summed E-state index contributed by atoms with van der Waals surface area (Å²) in [5, 5.41) is 2.43. The van der Waals surface area contributed by atoms with Crippen LogP contribution in [0, 0.1) is 12.7 Å². The molecule has 17 heavy (non-hydrogen) atoms. The van der Waals surface area contributed by atoms with E-state index < -0.39 is 0 Å². The van der Waals surface area contributed by atoms with E-state index in [1.807, 2.05) is 18.4 Å². The molecule has 2 rings (SSSR count). The fourth-order valence-electron chi connectivity index (χ4n) is 1.84. The fourth-order valence-corrected chi connectivity index (χ4v) is 2.85. The first kappa shape index (κ1) is 12.6. The third-order valence-corrected chi connectivity index (χ3v) is 4.00. The molecule has 0 saturated heterocycles. The van der Waals surface area contributed by atoms with Gasteiger partial charge in [-0.3, -0.25) is 0 Å². The van der Waals surface area contributed by atoms with Crippen molar-refractivity contribution in [1.82, 2.24) is 0 Å². The van der Waals surface area contributed by atoms with Gasteiger partial charge in [0.25, 0.3) is 0 Å². The van der Waals surface area contributed by atoms with Gasteiger partial charge in [-0.1, -0.05) is 17.7 Å². The van der Waals surface area contributed by atoms with Crippen LogP contribution < -0.4 is 5.73 Å². The van der Waals surface area contributed by atoms with Crippen LogP contribution in [0.4, 0.5) is 4.39 Å². The first-order valence-corrected chi connectivity index (χ1v) is 6.58. The molecule has 1 atom stereocenters. The maximum atomic E-state index is 13.6. The van der Waals surface area contributed by atoms with Crippen LogP contribution in [0.15, 0.2) is 29.6 Å². The summed E-state index contributed by atoms with van der Waals surface area (Å²) < 4.78 is 13.6. The summed E-state index contributed by atoms with van der Waals surface area (Å²) >= 11 is 7.63. The summed E-state index contributed by atoms with van der Waals surface area (Å²) in [7, 11) is 0. The summed E-state index contributed by atoms with van der Waals surface area (Å²) in [6.45, 7) is 2.02. The Morgan fingerprint density at radius 2 is 2.18 bits per heavy atom. The molecule has 0 bridgehead atoms. The Hall–Kier alpha value is -0.900. The van der Waals surface area contributed by atoms with E-state index in [1.165, 1.54) is 10.9 Å². The van der Waals surface area contributed by atoms with Crippen LogP contribution in [0.1, 0.15) is 22.0 Å². The largest absolute Gasteiger partial charge is 0.324 e. The van der Waals surface area contributed by atoms with Crippen LogP contribution in [0.5, 0.6) is 0 Å². The van der Waals surface area contributed by atoms with Gasteiger partial charge in [0, 0.05) is 21.5 Å². The van der Waals surface area contributed by atoms with Crippen molar-refractivity contribution in [3.63, 3.8) is 0 Å². The summed E-state index contributed by atoms with van der Waals surface area (Å²) in [6, 6.07) is 6.47. The summed E-state index contributed by atoms with van der Waals surface area (Å²) in [6.07, 6.45) is 0.420. The van der Waals surface area contributed by atoms with Gasteiger partial charge >= 0.3 is 0 Å². The lowest BCUT2D eigenvalue weighted by atomic mass is 10.00. The van der Waals surface area contributed by atoms with E-state index in [2.05, 4.69) is 0 Å². The Labute approximate surface area is 109 Å². The topological polar surface area (TPSA) is 26.0 Å². The molecule has 2 N–H and O–H groups in total. The molecule has 4 heteroatoms. The Kier molecular flexibility index (Phi) is 3.82. The third kappa shape index (κ3) is 2.68. The maximum absolute atomic E-state index is 13.6. The Bertz CT molecular complexity index is 504. The van der Waals surface area contributed by atoms with Crippen LogP contribution in [0.25, 0.3) is 0 Å². The summed E-state index contributed by atoms with van der Waals surface area (Å²) in [5.74, 6) is -0.291. The van der Waals surface area contributed by atoms with Crippen molar-refractivity contribution >= 4 is 22.9 Å². The lowest BCUT2D eigenvalue weighted by molar-refractivity contribution is 0.593. The Morgan fingerprint density at radius 1 is 1.41 bits per heavy atom. The molecular formula is C13H13ClFNS. The monoisotopic (exact) mass is 269 g/mol. The molecule has 0 radical (unpaired) electrons. The molecule has 0 spiro atoms. The van der Waals surface area contributed by atoms with Crippen molar-refractivity contribution in [2.75, 3.05) is 0 Å². The number of halogens is 2. The lowest BCUT2D eigenvalue weighted by Gasteiger charge is -2.13. The second kappa shape index (κ2) is 5.17. The molecule has 1 unspecified atom stereocenters. The van der Waals surface area contributed by atoms with E-state index in [4.69, 9.17) is 17.3 Å². The highest BCUT2D eigenvalue weighted by Gasteiger charge is 2.15. The van der Waals surface area contributed by atoms with Crippen molar-refractivity contribution < 1.29 is 4.39 Å². The lowest BCUT2D eigenvalue weighted by Crippen LogP contribution is -2.14. The second-order valence-electron chi connectivity index (χ2n) is 3.94. The van der Waals surface area contributed by atoms with Crippen LogP contribution in [-0.2, 0) is 6.42 Å². The van der Waals surface area contributed by atoms with Gasteiger partial charge in [0.15, 0.2) is 0 Å². The highest BCUT2D eigenvalue weighted by Crippen LogP contribution is 2.27. The zero-order valence-corrected chi connectivity index (χ0v) is 11.0. The van der Waals surface area contributed by atoms with Gasteiger partial charge in [0.2, 0.25) is 0 Å². The summed E-state index contributed by atoms with van der Waals surface area (Å²) in [4.78, 5) is 1.17. The van der Waals surface area contributed by atoms with Gasteiger partial charge in [-0.05, 0) is 42.5 Å². The number of benzene rings is 1. The summed E-state index contributed by atoms with van der Waals surface area (Å²) in [5.41, 5.74) is 7.65. The Balaban J connectivity index is 2.25. The van der Waals surface area contributed by atoms with Crippen LogP contribution in [-0.4, -0.2) is 0 Å². The predicted molar refractivity (Wildman–Crippen MR) is 71.1 cm³/mol. The second-order valence-corrected chi connectivity index (χ2v) is 5.47. The highest BCUT2D eigenvalue weighted by molar-refractivity contribution is 7.10. The number of nitrogens with two attached hydrogens (primary N) is 1. The molecule has 0 amide bonds. The predicted octanol–water partition coefficient (Wildman–Crippen LogP) is 4.09. The standard InChI is InChI=1S/C13H13ClFNS/c1-8-9(5-6-17-8)13(16)7-10-11(14)3-2-4-12(10)15/h2-6,13H,7,16H2,1H3. The molecule has 1 nitrogen and oxygen atoms in total. The van der Waals surface area contributed by atoms with Gasteiger partial charge < -0.3 is 5.73 Å². The van der Waals surface area contributed by atoms with Crippen molar-refractivity contribution in [2.24, 2.45) is 5.73 Å². The molecule has 0 saturated carbocycles. The molecule has 90 valence electrons. The molecule has 1 aromatic carbocycles. The zero-order valence-electron chi connectivity index (χ0n) is 9.41. The van der Waals surface area contributed by atoms with Gasteiger partial charge in [0.05, 0.1) is 0 Å². The average molecular weight is 270 g/mol. The molecule has 2 aromatic rings. The quantitative estimate of drug-likeness (QED) is 0.892. The van der Waals surface area contributed by atoms with Gasteiger partial charge in [-0.25, -0.2) is 4.39 Å². The number of hydrogen-bond acceptors (Lipinski definition) is 2. The maximum Gasteiger partial charge on any atom is 0.127 e. The first-order valence-electron chi connectivity index (χ1n) is 5.32. The molecule has 0 aliphatic rings. The van der Waals surface area contributed by atoms with Gasteiger partial charge in [0.1, 0.15) is 5.82 Å². The van der Waals surface area contributed by atoms with E-state index in [1.54, 1.807) is 23.5 Å². The average Bonchev–Trinajstić information content (AvgIpc) is 2.70. The van der Waals surface area contributed by atoms with E-state index in [0.717, 1.165) is 5.56 Å². The smallest absolute Gasteiger partial charge is 0.127 e. The Morgan fingerprint density at radius 3 is 2.76 bits per heavy atom. The van der Waals surface area contributed by atoms with E-state index in [9.17, 15) is 4.39 Å². The van der Waals surface area contributed by atoms with Crippen LogP contribution in [0.2, 0.25) is 5.02 Å². The minimum absolute atomic E-state index is 0.212. The molecule has 1 heterocycles. The molecule has 0 aliphatic heterocycles. The zero-order chi connectivity index (χ0) is 12.4. The number of thiophene rings is 1. The fraction of sp³-hybridized carbons (Fsp3) is 0.231. The first-order chi connectivity index (χ1) is 8.09. The van der Waals surface area contributed by atoms with Crippen molar-refractivity contribution in [1.29, 1.82) is 0 Å². The van der Waals surface area contributed by atoms with E-state index in [0.29, 0.717) is 17.0 Å². The van der Waals surface area contributed by atoms with Crippen LogP contribution >= 0.6 is 22.9 Å². The normalized spacial score (nSPS) is 12.7. The third-order valence-electron chi connectivity index (χ3n) is 2.78. The SMILES string of the molecule is Cc1sccc1C(N)Cc1c(F)cccc1Cl. The van der Waals surface area contributed by atoms with Crippen LogP contribution in [0.3, 0.4) is 0 Å². The van der Waals surface area contributed by atoms with Crippen molar-refractivity contribution in [2.45, 2.75) is 19.4 Å². The van der Waals surface area contributed by atoms with Crippen molar-refractivity contribution in [3.8, 4) is 0 Å². The van der Waals surface area contributed by atoms with Gasteiger partial charge in [-0.15, -0.1) is 11.3 Å². The number of rotatable bonds is 3. The molecule has 1 aromatic heterocycles. The molecule has 0 fully saturated rings. The molecule has 0 aliphatic carbocycles. The van der Waals surface area contributed by atoms with E-state index in [-0.39, 0.29) is 11.9 Å². The minimum atomic E-state index is -0.291. The van der Waals surface area contributed by atoms with Gasteiger partial charge in [-0.2, -0.15) is 0 Å². The minimum Gasteiger partial charge on any atom is -0.324 e. The number of hydrogen-bond donors (Lipinski definition) is 1. The highest BCUT2D eigenvalue weighted by atomic mass is 35.5. The van der Waals surface area contributed by atoms with E-state index >= 15 is 0 Å². The number of aryl methyl sites for hydroxylation is 1. The molecular weight excluding hydrogens is 257 g/mol. The van der Waals surface area contributed by atoms with Crippen molar-refractivity contribution in [3.05, 3.63) is 56.5 Å².